The van der Waals surface area contributed by atoms with Gasteiger partial charge in [-0.25, -0.2) is 0 Å². The first-order valence-electron chi connectivity index (χ1n) is 5.93. The molecule has 0 bridgehead atoms. The lowest BCUT2D eigenvalue weighted by Gasteiger charge is -2.38. The number of ether oxygens (including phenoxy) is 2. The number of nitrogens with zero attached hydrogens (tertiary/aromatic N) is 4. The maximum Gasteiger partial charge on any atom is 0.322 e. The molecule has 1 aliphatic rings. The number of anilines is 1. The molecule has 1 saturated heterocycles. The van der Waals surface area contributed by atoms with Crippen molar-refractivity contribution in [2.75, 3.05) is 31.2 Å². The standard InChI is InChI=1S/C11H17ClN4O2/c1-4-17-10-14-8(12)13-9(15-10)16-5-6-18-11(2,3)7-16/h4-7H2,1-3H3. The maximum absolute atomic E-state index is 5.88. The van der Waals surface area contributed by atoms with Gasteiger partial charge in [-0.3, -0.25) is 0 Å². The van der Waals surface area contributed by atoms with Crippen molar-refractivity contribution in [3.05, 3.63) is 5.28 Å². The van der Waals surface area contributed by atoms with Crippen LogP contribution in [0.25, 0.3) is 0 Å². The summed E-state index contributed by atoms with van der Waals surface area (Å²) in [6, 6.07) is 0.261. The third-order valence-corrected chi connectivity index (χ3v) is 2.73. The second-order valence-electron chi connectivity index (χ2n) is 4.65. The van der Waals surface area contributed by atoms with Crippen molar-refractivity contribution in [1.29, 1.82) is 0 Å². The van der Waals surface area contributed by atoms with Crippen LogP contribution in [0.15, 0.2) is 0 Å². The van der Waals surface area contributed by atoms with Crippen molar-refractivity contribution in [3.63, 3.8) is 0 Å². The van der Waals surface area contributed by atoms with Crippen LogP contribution in [0.4, 0.5) is 5.95 Å². The Labute approximate surface area is 111 Å². The number of rotatable bonds is 3. The first kappa shape index (κ1) is 13.3. The molecule has 2 rings (SSSR count). The van der Waals surface area contributed by atoms with Crippen LogP contribution in [0, 0.1) is 0 Å². The normalized spacial score (nSPS) is 18.8. The minimum absolute atomic E-state index is 0.146. The lowest BCUT2D eigenvalue weighted by molar-refractivity contribution is -0.0282. The number of hydrogen-bond donors (Lipinski definition) is 0. The number of morpholine rings is 1. The molecule has 1 aromatic heterocycles. The summed E-state index contributed by atoms with van der Waals surface area (Å²) in [7, 11) is 0. The van der Waals surface area contributed by atoms with Gasteiger partial charge in [0.2, 0.25) is 11.2 Å². The smallest absolute Gasteiger partial charge is 0.322 e. The monoisotopic (exact) mass is 272 g/mol. The summed E-state index contributed by atoms with van der Waals surface area (Å²) in [6.07, 6.45) is 0. The molecule has 6 nitrogen and oxygen atoms in total. The number of hydrogen-bond acceptors (Lipinski definition) is 6. The van der Waals surface area contributed by atoms with E-state index in [1.807, 2.05) is 25.7 Å². The van der Waals surface area contributed by atoms with E-state index in [2.05, 4.69) is 15.0 Å². The molecule has 100 valence electrons. The van der Waals surface area contributed by atoms with E-state index in [0.717, 1.165) is 6.54 Å². The van der Waals surface area contributed by atoms with Gasteiger partial charge in [-0.05, 0) is 32.4 Å². The van der Waals surface area contributed by atoms with Gasteiger partial charge in [-0.15, -0.1) is 0 Å². The van der Waals surface area contributed by atoms with Gasteiger partial charge in [-0.1, -0.05) is 0 Å². The molecule has 0 unspecified atom stereocenters. The van der Waals surface area contributed by atoms with Gasteiger partial charge in [0.15, 0.2) is 0 Å². The third kappa shape index (κ3) is 3.20. The molecule has 7 heteroatoms. The largest absolute Gasteiger partial charge is 0.464 e. The highest BCUT2D eigenvalue weighted by molar-refractivity contribution is 6.28. The maximum atomic E-state index is 5.88. The van der Waals surface area contributed by atoms with E-state index in [-0.39, 0.29) is 16.9 Å². The minimum atomic E-state index is -0.219. The van der Waals surface area contributed by atoms with Crippen LogP contribution in [0.1, 0.15) is 20.8 Å². The number of aromatic nitrogens is 3. The molecular formula is C11H17ClN4O2. The molecule has 1 aromatic rings. The van der Waals surface area contributed by atoms with Gasteiger partial charge in [0, 0.05) is 13.1 Å². The summed E-state index contributed by atoms with van der Waals surface area (Å²) in [5.74, 6) is 0.537. The molecule has 0 atom stereocenters. The average molecular weight is 273 g/mol. The predicted molar refractivity (Wildman–Crippen MR) is 68.3 cm³/mol. The molecule has 18 heavy (non-hydrogen) atoms. The summed E-state index contributed by atoms with van der Waals surface area (Å²) < 4.78 is 10.9. The summed E-state index contributed by atoms with van der Waals surface area (Å²) in [4.78, 5) is 14.3. The Morgan fingerprint density at radius 1 is 1.39 bits per heavy atom. The molecule has 0 radical (unpaired) electrons. The third-order valence-electron chi connectivity index (χ3n) is 2.56. The van der Waals surface area contributed by atoms with Gasteiger partial charge >= 0.3 is 6.01 Å². The molecule has 2 heterocycles. The Morgan fingerprint density at radius 2 is 2.17 bits per heavy atom. The van der Waals surface area contributed by atoms with Gasteiger partial charge in [0.05, 0.1) is 18.8 Å². The van der Waals surface area contributed by atoms with Crippen molar-refractivity contribution in [1.82, 2.24) is 15.0 Å². The van der Waals surface area contributed by atoms with Gasteiger partial charge in [-0.2, -0.15) is 15.0 Å². The Hall–Kier alpha value is -1.14. The zero-order valence-electron chi connectivity index (χ0n) is 10.8. The summed E-state index contributed by atoms with van der Waals surface area (Å²) in [5, 5.41) is 0.146. The second-order valence-corrected chi connectivity index (χ2v) is 4.99. The lowest BCUT2D eigenvalue weighted by atomic mass is 10.1. The van der Waals surface area contributed by atoms with E-state index >= 15 is 0 Å². The van der Waals surface area contributed by atoms with Crippen LogP contribution < -0.4 is 9.64 Å². The van der Waals surface area contributed by atoms with Crippen molar-refractivity contribution in [3.8, 4) is 6.01 Å². The van der Waals surface area contributed by atoms with Crippen LogP contribution in [-0.2, 0) is 4.74 Å². The summed E-state index contributed by atoms with van der Waals surface area (Å²) in [6.45, 7) is 8.51. The fourth-order valence-corrected chi connectivity index (χ4v) is 1.99. The van der Waals surface area contributed by atoms with Gasteiger partial charge in [0.1, 0.15) is 0 Å². The average Bonchev–Trinajstić information content (AvgIpc) is 2.27. The Balaban J connectivity index is 2.21. The molecular weight excluding hydrogens is 256 g/mol. The fourth-order valence-electron chi connectivity index (χ4n) is 1.84. The second kappa shape index (κ2) is 5.24. The quantitative estimate of drug-likeness (QED) is 0.832. The van der Waals surface area contributed by atoms with Crippen molar-refractivity contribution >= 4 is 17.5 Å². The highest BCUT2D eigenvalue weighted by Crippen LogP contribution is 2.22. The van der Waals surface area contributed by atoms with Crippen LogP contribution in [0.2, 0.25) is 5.28 Å². The molecule has 0 aromatic carbocycles. The van der Waals surface area contributed by atoms with E-state index in [1.165, 1.54) is 0 Å². The highest BCUT2D eigenvalue weighted by Gasteiger charge is 2.29. The molecule has 1 aliphatic heterocycles. The summed E-state index contributed by atoms with van der Waals surface area (Å²) >= 11 is 5.88. The van der Waals surface area contributed by atoms with Crippen LogP contribution in [0.5, 0.6) is 6.01 Å². The fraction of sp³-hybridized carbons (Fsp3) is 0.727. The van der Waals surface area contributed by atoms with E-state index in [9.17, 15) is 0 Å². The van der Waals surface area contributed by atoms with Crippen LogP contribution >= 0.6 is 11.6 Å². The molecule has 0 spiro atoms. The van der Waals surface area contributed by atoms with Crippen molar-refractivity contribution in [2.24, 2.45) is 0 Å². The SMILES string of the molecule is CCOc1nc(Cl)nc(N2CCOC(C)(C)C2)n1. The van der Waals surface area contributed by atoms with Gasteiger partial charge < -0.3 is 14.4 Å². The van der Waals surface area contributed by atoms with Crippen molar-refractivity contribution in [2.45, 2.75) is 26.4 Å². The molecule has 0 amide bonds. The van der Waals surface area contributed by atoms with E-state index in [1.54, 1.807) is 0 Å². The zero-order chi connectivity index (χ0) is 13.2. The van der Waals surface area contributed by atoms with E-state index in [4.69, 9.17) is 21.1 Å². The number of halogens is 1. The molecule has 0 N–H and O–H groups in total. The van der Waals surface area contributed by atoms with E-state index in [0.29, 0.717) is 25.7 Å². The van der Waals surface area contributed by atoms with Crippen molar-refractivity contribution < 1.29 is 9.47 Å². The van der Waals surface area contributed by atoms with E-state index < -0.39 is 0 Å². The Bertz CT molecular complexity index is 428. The summed E-state index contributed by atoms with van der Waals surface area (Å²) in [5.41, 5.74) is -0.219. The first-order chi connectivity index (χ1) is 8.50. The molecule has 0 saturated carbocycles. The van der Waals surface area contributed by atoms with Crippen LogP contribution in [0.3, 0.4) is 0 Å². The molecule has 1 fully saturated rings. The Morgan fingerprint density at radius 3 is 2.83 bits per heavy atom. The minimum Gasteiger partial charge on any atom is -0.464 e. The predicted octanol–water partition coefficient (Wildman–Crippen LogP) is 1.54. The van der Waals surface area contributed by atoms with Crippen LogP contribution in [-0.4, -0.2) is 46.9 Å². The lowest BCUT2D eigenvalue weighted by Crippen LogP contribution is -2.49. The molecule has 0 aliphatic carbocycles. The Kier molecular flexibility index (Phi) is 3.87. The first-order valence-corrected chi connectivity index (χ1v) is 6.31. The zero-order valence-corrected chi connectivity index (χ0v) is 11.6. The van der Waals surface area contributed by atoms with Gasteiger partial charge in [0.25, 0.3) is 0 Å². The highest BCUT2D eigenvalue weighted by atomic mass is 35.5. The topological polar surface area (TPSA) is 60.4 Å².